The van der Waals surface area contributed by atoms with Gasteiger partial charge in [-0.2, -0.15) is 0 Å². The lowest BCUT2D eigenvalue weighted by molar-refractivity contribution is -0.135. The van der Waals surface area contributed by atoms with E-state index in [1.807, 2.05) is 13.0 Å². The quantitative estimate of drug-likeness (QED) is 0.839. The number of carboxylic acids is 1. The average molecular weight is 248 g/mol. The number of nitrogens with zero attached hydrogens (tertiary/aromatic N) is 3. The number of hydrogen-bond donors (Lipinski definition) is 2. The highest BCUT2D eigenvalue weighted by molar-refractivity contribution is 5.89. The summed E-state index contributed by atoms with van der Waals surface area (Å²) >= 11 is 0. The molecule has 0 aromatic carbocycles. The zero-order valence-electron chi connectivity index (χ0n) is 10.5. The molecule has 2 aromatic rings. The van der Waals surface area contributed by atoms with Crippen molar-refractivity contribution in [2.75, 3.05) is 18.0 Å². The van der Waals surface area contributed by atoms with Crippen molar-refractivity contribution in [1.29, 1.82) is 0 Å². The van der Waals surface area contributed by atoms with Crippen molar-refractivity contribution in [3.63, 3.8) is 0 Å². The van der Waals surface area contributed by atoms with Crippen molar-refractivity contribution in [3.05, 3.63) is 18.1 Å². The smallest absolute Gasteiger partial charge is 0.323 e. The molecule has 0 atom stereocenters. The minimum absolute atomic E-state index is 0.0510. The Morgan fingerprint density at radius 3 is 2.94 bits per heavy atom. The van der Waals surface area contributed by atoms with E-state index >= 15 is 0 Å². The maximum Gasteiger partial charge on any atom is 0.323 e. The predicted molar refractivity (Wildman–Crippen MR) is 68.8 cm³/mol. The molecule has 0 aliphatic rings. The highest BCUT2D eigenvalue weighted by atomic mass is 16.4. The number of aryl methyl sites for hydroxylation is 1. The number of H-pyrrole nitrogens is 1. The van der Waals surface area contributed by atoms with Gasteiger partial charge in [-0.1, -0.05) is 6.92 Å². The Bertz CT molecular complexity index is 564. The van der Waals surface area contributed by atoms with Crippen LogP contribution in [0.4, 0.5) is 5.82 Å². The van der Waals surface area contributed by atoms with Gasteiger partial charge in [0.2, 0.25) is 0 Å². The normalized spacial score (nSPS) is 10.8. The van der Waals surface area contributed by atoms with E-state index in [2.05, 4.69) is 15.0 Å². The van der Waals surface area contributed by atoms with Crippen molar-refractivity contribution < 1.29 is 9.90 Å². The maximum absolute atomic E-state index is 10.9. The van der Waals surface area contributed by atoms with Gasteiger partial charge in [-0.15, -0.1) is 0 Å². The molecule has 18 heavy (non-hydrogen) atoms. The summed E-state index contributed by atoms with van der Waals surface area (Å²) in [7, 11) is 0. The van der Waals surface area contributed by atoms with E-state index in [1.54, 1.807) is 18.0 Å². The topological polar surface area (TPSA) is 82.1 Å². The Balaban J connectivity index is 2.48. The number of rotatable bonds is 5. The maximum atomic E-state index is 10.9. The summed E-state index contributed by atoms with van der Waals surface area (Å²) in [6.07, 6.45) is 2.65. The van der Waals surface area contributed by atoms with E-state index in [9.17, 15) is 4.79 Å². The lowest BCUT2D eigenvalue weighted by Crippen LogP contribution is -2.31. The molecule has 0 saturated carbocycles. The van der Waals surface area contributed by atoms with Gasteiger partial charge in [0.05, 0.1) is 5.39 Å². The van der Waals surface area contributed by atoms with Crippen LogP contribution in [0.5, 0.6) is 0 Å². The number of aliphatic carboxylic acids is 1. The van der Waals surface area contributed by atoms with Crippen molar-refractivity contribution in [2.24, 2.45) is 0 Å². The van der Waals surface area contributed by atoms with E-state index in [-0.39, 0.29) is 6.54 Å². The molecule has 0 spiro atoms. The number of aromatic nitrogens is 3. The molecular weight excluding hydrogens is 232 g/mol. The van der Waals surface area contributed by atoms with Gasteiger partial charge in [-0.25, -0.2) is 9.97 Å². The third-order valence-electron chi connectivity index (χ3n) is 2.63. The molecule has 0 radical (unpaired) electrons. The zero-order chi connectivity index (χ0) is 13.1. The first-order chi connectivity index (χ1) is 8.61. The second-order valence-corrected chi connectivity index (χ2v) is 4.15. The van der Waals surface area contributed by atoms with E-state index in [0.29, 0.717) is 18.2 Å². The standard InChI is InChI=1S/C12H16N4O2/c1-3-6-16(7-10(17)18)12-9-4-5-13-11(9)14-8(2)15-12/h4-5H,3,6-7H2,1-2H3,(H,17,18)(H,13,14,15). The Morgan fingerprint density at radius 1 is 1.50 bits per heavy atom. The van der Waals surface area contributed by atoms with Crippen LogP contribution in [-0.4, -0.2) is 39.1 Å². The third kappa shape index (κ3) is 2.42. The average Bonchev–Trinajstić information content (AvgIpc) is 2.74. The van der Waals surface area contributed by atoms with Crippen LogP contribution in [0.15, 0.2) is 12.3 Å². The summed E-state index contributed by atoms with van der Waals surface area (Å²) in [5.41, 5.74) is 0.740. The largest absolute Gasteiger partial charge is 0.480 e. The van der Waals surface area contributed by atoms with Crippen LogP contribution in [0, 0.1) is 6.92 Å². The van der Waals surface area contributed by atoms with Crippen LogP contribution in [0.25, 0.3) is 11.0 Å². The van der Waals surface area contributed by atoms with Gasteiger partial charge < -0.3 is 15.0 Å². The molecule has 0 amide bonds. The number of carboxylic acid groups (broad SMARTS) is 1. The number of hydrogen-bond acceptors (Lipinski definition) is 4. The lowest BCUT2D eigenvalue weighted by Gasteiger charge is -2.21. The number of carbonyl (C=O) groups is 1. The fourth-order valence-electron chi connectivity index (χ4n) is 1.97. The van der Waals surface area contributed by atoms with E-state index in [4.69, 9.17) is 5.11 Å². The van der Waals surface area contributed by atoms with Crippen LogP contribution in [0.3, 0.4) is 0 Å². The Hall–Kier alpha value is -2.11. The molecule has 96 valence electrons. The molecule has 6 nitrogen and oxygen atoms in total. The fourth-order valence-corrected chi connectivity index (χ4v) is 1.97. The first kappa shape index (κ1) is 12.3. The SMILES string of the molecule is CCCN(CC(=O)O)c1nc(C)nc2[nH]ccc12. The lowest BCUT2D eigenvalue weighted by atomic mass is 10.3. The summed E-state index contributed by atoms with van der Waals surface area (Å²) in [6.45, 7) is 4.42. The zero-order valence-corrected chi connectivity index (χ0v) is 10.5. The predicted octanol–water partition coefficient (Wildman–Crippen LogP) is 1.57. The van der Waals surface area contributed by atoms with E-state index in [1.165, 1.54) is 0 Å². The van der Waals surface area contributed by atoms with Crippen LogP contribution >= 0.6 is 0 Å². The highest BCUT2D eigenvalue weighted by Crippen LogP contribution is 2.23. The monoisotopic (exact) mass is 248 g/mol. The molecule has 0 bridgehead atoms. The van der Waals surface area contributed by atoms with E-state index in [0.717, 1.165) is 17.5 Å². The minimum Gasteiger partial charge on any atom is -0.480 e. The van der Waals surface area contributed by atoms with Gasteiger partial charge in [0, 0.05) is 12.7 Å². The van der Waals surface area contributed by atoms with Crippen LogP contribution in [0.1, 0.15) is 19.2 Å². The van der Waals surface area contributed by atoms with Gasteiger partial charge in [0.15, 0.2) is 0 Å². The number of nitrogens with one attached hydrogen (secondary N) is 1. The molecule has 2 aromatic heterocycles. The number of anilines is 1. The first-order valence-electron chi connectivity index (χ1n) is 5.90. The Morgan fingerprint density at radius 2 is 2.28 bits per heavy atom. The van der Waals surface area contributed by atoms with Gasteiger partial charge >= 0.3 is 5.97 Å². The Labute approximate surface area is 105 Å². The summed E-state index contributed by atoms with van der Waals surface area (Å²) in [5, 5.41) is 9.83. The second kappa shape index (κ2) is 5.03. The van der Waals surface area contributed by atoms with Gasteiger partial charge in [0.1, 0.15) is 23.8 Å². The van der Waals surface area contributed by atoms with Crippen molar-refractivity contribution in [2.45, 2.75) is 20.3 Å². The summed E-state index contributed by atoms with van der Waals surface area (Å²) in [6, 6.07) is 1.87. The minimum atomic E-state index is -0.858. The molecule has 2 heterocycles. The van der Waals surface area contributed by atoms with E-state index < -0.39 is 5.97 Å². The highest BCUT2D eigenvalue weighted by Gasteiger charge is 2.16. The van der Waals surface area contributed by atoms with Crippen molar-refractivity contribution in [1.82, 2.24) is 15.0 Å². The molecule has 0 unspecified atom stereocenters. The third-order valence-corrected chi connectivity index (χ3v) is 2.63. The second-order valence-electron chi connectivity index (χ2n) is 4.15. The summed E-state index contributed by atoms with van der Waals surface area (Å²) < 4.78 is 0. The molecule has 0 saturated heterocycles. The molecular formula is C12H16N4O2. The van der Waals surface area contributed by atoms with Gasteiger partial charge in [-0.05, 0) is 19.4 Å². The molecule has 0 fully saturated rings. The first-order valence-corrected chi connectivity index (χ1v) is 5.90. The van der Waals surface area contributed by atoms with Crippen LogP contribution in [0.2, 0.25) is 0 Å². The molecule has 2 N–H and O–H groups in total. The molecule has 2 rings (SSSR count). The molecule has 0 aliphatic carbocycles. The Kier molecular flexibility index (Phi) is 3.45. The van der Waals surface area contributed by atoms with Crippen molar-refractivity contribution >= 4 is 22.8 Å². The summed E-state index contributed by atoms with van der Waals surface area (Å²) in [4.78, 5) is 24.4. The number of fused-ring (bicyclic) bond motifs is 1. The van der Waals surface area contributed by atoms with Crippen molar-refractivity contribution in [3.8, 4) is 0 Å². The van der Waals surface area contributed by atoms with Crippen LogP contribution < -0.4 is 4.90 Å². The summed E-state index contributed by atoms with van der Waals surface area (Å²) in [5.74, 6) is 0.456. The van der Waals surface area contributed by atoms with Gasteiger partial charge in [0.25, 0.3) is 0 Å². The van der Waals surface area contributed by atoms with Gasteiger partial charge in [-0.3, -0.25) is 4.79 Å². The number of aromatic amines is 1. The van der Waals surface area contributed by atoms with Crippen LogP contribution in [-0.2, 0) is 4.79 Å². The molecule has 0 aliphatic heterocycles. The fraction of sp³-hybridized carbons (Fsp3) is 0.417. The molecule has 6 heteroatoms.